The van der Waals surface area contributed by atoms with Crippen molar-refractivity contribution < 1.29 is 14.0 Å². The summed E-state index contributed by atoms with van der Waals surface area (Å²) < 4.78 is 13.1. The van der Waals surface area contributed by atoms with Gasteiger partial charge in [-0.05, 0) is 35.9 Å². The summed E-state index contributed by atoms with van der Waals surface area (Å²) in [7, 11) is 0. The maximum Gasteiger partial charge on any atom is 0.244 e. The summed E-state index contributed by atoms with van der Waals surface area (Å²) in [4.78, 5) is 25.9. The predicted molar refractivity (Wildman–Crippen MR) is 98.6 cm³/mol. The minimum Gasteiger partial charge on any atom is -0.324 e. The van der Waals surface area contributed by atoms with Crippen LogP contribution in [0.2, 0.25) is 10.0 Å². The van der Waals surface area contributed by atoms with Crippen LogP contribution in [0, 0.1) is 5.82 Å². The molecule has 2 N–H and O–H groups in total. The van der Waals surface area contributed by atoms with Gasteiger partial charge in [0.1, 0.15) is 12.4 Å². The zero-order chi connectivity index (χ0) is 18.7. The van der Waals surface area contributed by atoms with Crippen molar-refractivity contribution >= 4 is 40.7 Å². The van der Waals surface area contributed by atoms with Crippen LogP contribution in [-0.2, 0) is 9.59 Å². The molecular weight excluding hydrogens is 380 g/mol. The first kappa shape index (κ1) is 18.6. The van der Waals surface area contributed by atoms with E-state index >= 15 is 0 Å². The third-order valence-electron chi connectivity index (χ3n) is 4.07. The zero-order valence-corrected chi connectivity index (χ0v) is 15.1. The first-order valence-electron chi connectivity index (χ1n) is 7.94. The molecule has 1 fully saturated rings. The number of halogens is 3. The molecule has 2 aromatic carbocycles. The van der Waals surface area contributed by atoms with Gasteiger partial charge in [-0.1, -0.05) is 35.3 Å². The standard InChI is InChI=1S/C18H16Cl2FN3O2/c19-12-3-1-11(2-4-12)16-8-18(26)24(10-22-16)9-17(25)23-13-5-6-15(21)14(20)7-13/h1-7,16,22H,8-10H2,(H,23,25). The summed E-state index contributed by atoms with van der Waals surface area (Å²) in [5.74, 6) is -1.07. The molecule has 1 heterocycles. The van der Waals surface area contributed by atoms with Crippen LogP contribution < -0.4 is 10.6 Å². The van der Waals surface area contributed by atoms with Crippen LogP contribution in [0.1, 0.15) is 18.0 Å². The quantitative estimate of drug-likeness (QED) is 0.831. The van der Waals surface area contributed by atoms with Gasteiger partial charge in [0.15, 0.2) is 0 Å². The molecule has 5 nitrogen and oxygen atoms in total. The van der Waals surface area contributed by atoms with Crippen LogP contribution in [0.4, 0.5) is 10.1 Å². The van der Waals surface area contributed by atoms with E-state index in [0.717, 1.165) is 5.56 Å². The molecule has 0 spiro atoms. The Hall–Kier alpha value is -2.15. The lowest BCUT2D eigenvalue weighted by Crippen LogP contribution is -2.49. The van der Waals surface area contributed by atoms with Crippen LogP contribution in [-0.4, -0.2) is 29.9 Å². The minimum absolute atomic E-state index is 0.0793. The number of carbonyl (C=O) groups is 2. The molecule has 3 rings (SSSR count). The summed E-state index contributed by atoms with van der Waals surface area (Å²) in [6, 6.07) is 11.1. The molecule has 8 heteroatoms. The fourth-order valence-electron chi connectivity index (χ4n) is 2.71. The highest BCUT2D eigenvalue weighted by molar-refractivity contribution is 6.31. The van der Waals surface area contributed by atoms with Crippen molar-refractivity contribution in [1.29, 1.82) is 0 Å². The van der Waals surface area contributed by atoms with E-state index in [9.17, 15) is 14.0 Å². The SMILES string of the molecule is O=C(CN1CNC(c2ccc(Cl)cc2)CC1=O)Nc1ccc(F)c(Cl)c1. The lowest BCUT2D eigenvalue weighted by Gasteiger charge is -2.32. The lowest BCUT2D eigenvalue weighted by atomic mass is 10.0. The van der Waals surface area contributed by atoms with Crippen LogP contribution in [0.5, 0.6) is 0 Å². The zero-order valence-electron chi connectivity index (χ0n) is 13.6. The molecule has 1 atom stereocenters. The van der Waals surface area contributed by atoms with E-state index in [1.807, 2.05) is 12.1 Å². The van der Waals surface area contributed by atoms with Gasteiger partial charge in [0.2, 0.25) is 11.8 Å². The molecule has 1 saturated heterocycles. The topological polar surface area (TPSA) is 61.4 Å². The number of carbonyl (C=O) groups excluding carboxylic acids is 2. The molecule has 136 valence electrons. The van der Waals surface area contributed by atoms with E-state index in [4.69, 9.17) is 23.2 Å². The third kappa shape index (κ3) is 4.52. The Morgan fingerprint density at radius 2 is 1.96 bits per heavy atom. The van der Waals surface area contributed by atoms with Crippen LogP contribution >= 0.6 is 23.2 Å². The Morgan fingerprint density at radius 3 is 2.62 bits per heavy atom. The first-order chi connectivity index (χ1) is 12.4. The highest BCUT2D eigenvalue weighted by atomic mass is 35.5. The summed E-state index contributed by atoms with van der Waals surface area (Å²) in [5.41, 5.74) is 1.34. The largest absolute Gasteiger partial charge is 0.324 e. The molecule has 0 aliphatic carbocycles. The number of benzene rings is 2. The fourth-order valence-corrected chi connectivity index (χ4v) is 3.01. The van der Waals surface area contributed by atoms with E-state index in [0.29, 0.717) is 10.7 Å². The first-order valence-corrected chi connectivity index (χ1v) is 8.69. The maximum absolute atomic E-state index is 13.1. The lowest BCUT2D eigenvalue weighted by molar-refractivity contribution is -0.138. The van der Waals surface area contributed by atoms with Gasteiger partial charge in [-0.2, -0.15) is 0 Å². The van der Waals surface area contributed by atoms with Crippen LogP contribution in [0.15, 0.2) is 42.5 Å². The van der Waals surface area contributed by atoms with Gasteiger partial charge in [-0.15, -0.1) is 0 Å². The van der Waals surface area contributed by atoms with Gasteiger partial charge < -0.3 is 10.2 Å². The Balaban J connectivity index is 1.56. The van der Waals surface area contributed by atoms with E-state index in [2.05, 4.69) is 10.6 Å². The Bertz CT molecular complexity index is 830. The average Bonchev–Trinajstić information content (AvgIpc) is 2.60. The number of nitrogens with one attached hydrogen (secondary N) is 2. The number of anilines is 1. The highest BCUT2D eigenvalue weighted by Gasteiger charge is 2.27. The van der Waals surface area contributed by atoms with Crippen molar-refractivity contribution in [3.8, 4) is 0 Å². The van der Waals surface area contributed by atoms with E-state index in [1.165, 1.54) is 23.1 Å². The maximum atomic E-state index is 13.1. The fraction of sp³-hybridized carbons (Fsp3) is 0.222. The van der Waals surface area contributed by atoms with Crippen LogP contribution in [0.3, 0.4) is 0 Å². The van der Waals surface area contributed by atoms with Crippen molar-refractivity contribution in [2.24, 2.45) is 0 Å². The summed E-state index contributed by atoms with van der Waals surface area (Å²) >= 11 is 11.6. The Kier molecular flexibility index (Phi) is 5.76. The second-order valence-corrected chi connectivity index (χ2v) is 6.78. The molecule has 1 aliphatic heterocycles. The molecule has 2 aromatic rings. The summed E-state index contributed by atoms with van der Waals surface area (Å²) in [6.07, 6.45) is 0.247. The Labute approximate surface area is 160 Å². The normalized spacial score (nSPS) is 17.3. The molecule has 0 bridgehead atoms. The molecule has 2 amide bonds. The monoisotopic (exact) mass is 395 g/mol. The van der Waals surface area contributed by atoms with Crippen molar-refractivity contribution in [2.45, 2.75) is 12.5 Å². The number of hydrogen-bond donors (Lipinski definition) is 2. The van der Waals surface area contributed by atoms with E-state index < -0.39 is 5.82 Å². The average molecular weight is 396 g/mol. The van der Waals surface area contributed by atoms with Crippen molar-refractivity contribution in [2.75, 3.05) is 18.5 Å². The Morgan fingerprint density at radius 1 is 1.23 bits per heavy atom. The second kappa shape index (κ2) is 8.03. The highest BCUT2D eigenvalue weighted by Crippen LogP contribution is 2.23. The van der Waals surface area contributed by atoms with Crippen molar-refractivity contribution in [3.63, 3.8) is 0 Å². The summed E-state index contributed by atoms with van der Waals surface area (Å²) in [5, 5.41) is 6.39. The van der Waals surface area contributed by atoms with Crippen molar-refractivity contribution in [1.82, 2.24) is 10.2 Å². The minimum atomic E-state index is -0.562. The molecule has 0 radical (unpaired) electrons. The molecular formula is C18H16Cl2FN3O2. The summed E-state index contributed by atoms with van der Waals surface area (Å²) in [6.45, 7) is 0.151. The van der Waals surface area contributed by atoms with E-state index in [-0.39, 0.29) is 42.5 Å². The number of hydrogen-bond acceptors (Lipinski definition) is 3. The molecule has 1 aliphatic rings. The number of amides is 2. The van der Waals surface area contributed by atoms with Gasteiger partial charge in [0.05, 0.1) is 11.7 Å². The molecule has 1 unspecified atom stereocenters. The van der Waals surface area contributed by atoms with Crippen LogP contribution in [0.25, 0.3) is 0 Å². The van der Waals surface area contributed by atoms with Gasteiger partial charge in [0, 0.05) is 23.2 Å². The van der Waals surface area contributed by atoms with Gasteiger partial charge >= 0.3 is 0 Å². The molecule has 26 heavy (non-hydrogen) atoms. The van der Waals surface area contributed by atoms with Gasteiger partial charge in [-0.3, -0.25) is 14.9 Å². The molecule has 0 saturated carbocycles. The second-order valence-electron chi connectivity index (χ2n) is 5.94. The molecule has 0 aromatic heterocycles. The number of nitrogens with zero attached hydrogens (tertiary/aromatic N) is 1. The van der Waals surface area contributed by atoms with Gasteiger partial charge in [0.25, 0.3) is 0 Å². The predicted octanol–water partition coefficient (Wildman–Crippen LogP) is 3.59. The number of rotatable bonds is 4. The third-order valence-corrected chi connectivity index (χ3v) is 4.61. The van der Waals surface area contributed by atoms with Gasteiger partial charge in [-0.25, -0.2) is 4.39 Å². The smallest absolute Gasteiger partial charge is 0.244 e. The van der Waals surface area contributed by atoms with Crippen molar-refractivity contribution in [3.05, 3.63) is 63.9 Å². The van der Waals surface area contributed by atoms with E-state index in [1.54, 1.807) is 12.1 Å².